The first kappa shape index (κ1) is 19.9. The van der Waals surface area contributed by atoms with Crippen molar-refractivity contribution in [2.24, 2.45) is 0 Å². The Balaban J connectivity index is 1.68. The topological polar surface area (TPSA) is 89.2 Å². The number of anilines is 1. The molecule has 0 radical (unpaired) electrons. The van der Waals surface area contributed by atoms with Crippen LogP contribution in [0.25, 0.3) is 5.76 Å². The first-order valence-electron chi connectivity index (χ1n) is 10.3. The highest BCUT2D eigenvalue weighted by molar-refractivity contribution is 6.51. The Labute approximate surface area is 184 Å². The molecule has 2 aliphatic rings. The first-order valence-corrected chi connectivity index (χ1v) is 10.3. The smallest absolute Gasteiger partial charge is 0.300 e. The first-order chi connectivity index (χ1) is 15.5. The Hall–Kier alpha value is -4.00. The Kier molecular flexibility index (Phi) is 4.74. The highest BCUT2D eigenvalue weighted by atomic mass is 16.6. The molecule has 0 aliphatic carbocycles. The van der Waals surface area contributed by atoms with Crippen LogP contribution in [0.5, 0.6) is 11.5 Å². The molecule has 162 valence electrons. The second-order valence-corrected chi connectivity index (χ2v) is 7.83. The molecule has 7 heteroatoms. The molecule has 1 atom stereocenters. The number of ketones is 1. The Morgan fingerprint density at radius 3 is 2.50 bits per heavy atom. The van der Waals surface area contributed by atoms with Crippen molar-refractivity contribution in [3.8, 4) is 11.5 Å². The molecule has 3 heterocycles. The van der Waals surface area contributed by atoms with Crippen molar-refractivity contribution in [2.45, 2.75) is 19.9 Å². The van der Waals surface area contributed by atoms with E-state index in [9.17, 15) is 14.7 Å². The van der Waals surface area contributed by atoms with E-state index in [1.807, 2.05) is 26.0 Å². The van der Waals surface area contributed by atoms with E-state index in [-0.39, 0.29) is 11.3 Å². The summed E-state index contributed by atoms with van der Waals surface area (Å²) in [6, 6.07) is 13.0. The molecule has 2 aromatic carbocycles. The summed E-state index contributed by atoms with van der Waals surface area (Å²) in [6.45, 7) is 4.66. The van der Waals surface area contributed by atoms with Gasteiger partial charge >= 0.3 is 0 Å². The quantitative estimate of drug-likeness (QED) is 0.378. The average Bonchev–Trinajstić information content (AvgIpc) is 3.40. The summed E-state index contributed by atoms with van der Waals surface area (Å²) < 4.78 is 16.7. The minimum atomic E-state index is -0.903. The van der Waals surface area contributed by atoms with E-state index in [0.717, 1.165) is 11.1 Å². The maximum Gasteiger partial charge on any atom is 0.300 e. The van der Waals surface area contributed by atoms with Crippen molar-refractivity contribution >= 4 is 23.1 Å². The zero-order valence-electron chi connectivity index (χ0n) is 17.6. The van der Waals surface area contributed by atoms with Gasteiger partial charge in [-0.25, -0.2) is 0 Å². The number of nitrogens with zero attached hydrogens (tertiary/aromatic N) is 1. The maximum absolute atomic E-state index is 13.2. The normalized spacial score (nSPS) is 19.4. The van der Waals surface area contributed by atoms with Crippen molar-refractivity contribution in [3.63, 3.8) is 0 Å². The molecule has 1 aromatic heterocycles. The molecule has 5 rings (SSSR count). The SMILES string of the molecule is Cc1ccc(N2C(=O)C(=O)/C(=C(\O)c3ccc4c(c3)OCCO4)C2c2ccco2)c(C)c1. The molecule has 0 spiro atoms. The molecule has 32 heavy (non-hydrogen) atoms. The van der Waals surface area contributed by atoms with E-state index in [1.54, 1.807) is 36.4 Å². The number of carbonyl (C=O) groups is 2. The third-order valence-corrected chi connectivity index (χ3v) is 5.68. The summed E-state index contributed by atoms with van der Waals surface area (Å²) in [7, 11) is 0. The largest absolute Gasteiger partial charge is 0.507 e. The minimum absolute atomic E-state index is 0.0402. The van der Waals surface area contributed by atoms with Gasteiger partial charge in [-0.3, -0.25) is 14.5 Å². The summed E-state index contributed by atoms with van der Waals surface area (Å²) in [5.41, 5.74) is 2.77. The highest BCUT2D eigenvalue weighted by Gasteiger charge is 2.48. The molecule has 3 aromatic rings. The fourth-order valence-corrected chi connectivity index (χ4v) is 4.22. The Morgan fingerprint density at radius 2 is 1.78 bits per heavy atom. The third kappa shape index (κ3) is 3.13. The number of Topliss-reactive ketones (excluding diaryl/α,β-unsaturated/α-hetero) is 1. The van der Waals surface area contributed by atoms with Crippen LogP contribution in [-0.4, -0.2) is 30.0 Å². The number of fused-ring (bicyclic) bond motifs is 1. The van der Waals surface area contributed by atoms with Gasteiger partial charge in [-0.15, -0.1) is 0 Å². The van der Waals surface area contributed by atoms with Gasteiger partial charge in [-0.1, -0.05) is 17.7 Å². The molecule has 2 aliphatic heterocycles. The van der Waals surface area contributed by atoms with Crippen LogP contribution in [0.3, 0.4) is 0 Å². The number of aliphatic hydroxyl groups excluding tert-OH is 1. The fraction of sp³-hybridized carbons (Fsp3) is 0.200. The van der Waals surface area contributed by atoms with Crippen molar-refractivity contribution in [3.05, 3.63) is 82.8 Å². The van der Waals surface area contributed by atoms with Crippen LogP contribution in [0, 0.1) is 13.8 Å². The lowest BCUT2D eigenvalue weighted by atomic mass is 9.98. The van der Waals surface area contributed by atoms with Crippen LogP contribution in [-0.2, 0) is 9.59 Å². The molecule has 1 fully saturated rings. The number of amides is 1. The molecular formula is C25H21NO6. The van der Waals surface area contributed by atoms with E-state index in [4.69, 9.17) is 13.9 Å². The van der Waals surface area contributed by atoms with Gasteiger partial charge in [0.25, 0.3) is 11.7 Å². The molecule has 7 nitrogen and oxygen atoms in total. The number of benzene rings is 2. The van der Waals surface area contributed by atoms with Gasteiger partial charge in [0.1, 0.15) is 30.8 Å². The second-order valence-electron chi connectivity index (χ2n) is 7.83. The average molecular weight is 431 g/mol. The molecule has 1 unspecified atom stereocenters. The zero-order chi connectivity index (χ0) is 22.4. The summed E-state index contributed by atoms with van der Waals surface area (Å²) in [6.07, 6.45) is 1.47. The van der Waals surface area contributed by atoms with Crippen LogP contribution in [0.1, 0.15) is 28.5 Å². The summed E-state index contributed by atoms with van der Waals surface area (Å²) in [5.74, 6) is -0.391. The standard InChI is InChI=1S/C25H21NO6/c1-14-5-7-17(15(2)12-14)26-22(19-4-3-9-30-19)21(24(28)25(26)29)23(27)16-6-8-18-20(13-16)32-11-10-31-18/h3-9,12-13,22,27H,10-11H2,1-2H3/b23-21-. The second kappa shape index (κ2) is 7.60. The number of aliphatic hydroxyl groups is 1. The van der Waals surface area contributed by atoms with Gasteiger partial charge < -0.3 is 19.0 Å². The van der Waals surface area contributed by atoms with Crippen molar-refractivity contribution in [1.82, 2.24) is 0 Å². The van der Waals surface area contributed by atoms with E-state index >= 15 is 0 Å². The van der Waals surface area contributed by atoms with Gasteiger partial charge in [0.05, 0.1) is 11.8 Å². The lowest BCUT2D eigenvalue weighted by Gasteiger charge is -2.25. The molecule has 0 saturated carbocycles. The van der Waals surface area contributed by atoms with Crippen molar-refractivity contribution in [2.75, 3.05) is 18.1 Å². The highest BCUT2D eigenvalue weighted by Crippen LogP contribution is 2.44. The van der Waals surface area contributed by atoms with E-state index < -0.39 is 17.7 Å². The zero-order valence-corrected chi connectivity index (χ0v) is 17.6. The number of ether oxygens (including phenoxy) is 2. The predicted molar refractivity (Wildman–Crippen MR) is 117 cm³/mol. The lowest BCUT2D eigenvalue weighted by Crippen LogP contribution is -2.30. The summed E-state index contributed by atoms with van der Waals surface area (Å²) in [4.78, 5) is 27.7. The molecule has 1 N–H and O–H groups in total. The Bertz CT molecular complexity index is 1260. The molecule has 0 bridgehead atoms. The van der Waals surface area contributed by atoms with Crippen LogP contribution in [0.4, 0.5) is 5.69 Å². The lowest BCUT2D eigenvalue weighted by molar-refractivity contribution is -0.132. The van der Waals surface area contributed by atoms with Gasteiger partial charge in [0.15, 0.2) is 11.5 Å². The summed E-state index contributed by atoms with van der Waals surface area (Å²) >= 11 is 0. The monoisotopic (exact) mass is 431 g/mol. The van der Waals surface area contributed by atoms with E-state index in [1.165, 1.54) is 11.2 Å². The third-order valence-electron chi connectivity index (χ3n) is 5.68. The van der Waals surface area contributed by atoms with Gasteiger partial charge in [-0.05, 0) is 55.8 Å². The number of aryl methyl sites for hydroxylation is 2. The molecule has 1 amide bonds. The van der Waals surface area contributed by atoms with E-state index in [0.29, 0.717) is 41.7 Å². The van der Waals surface area contributed by atoms with Crippen molar-refractivity contribution in [1.29, 1.82) is 0 Å². The fourth-order valence-electron chi connectivity index (χ4n) is 4.22. The van der Waals surface area contributed by atoms with Gasteiger partial charge in [0.2, 0.25) is 0 Å². The van der Waals surface area contributed by atoms with Gasteiger partial charge in [0, 0.05) is 11.3 Å². The summed E-state index contributed by atoms with van der Waals surface area (Å²) in [5, 5.41) is 11.2. The molecular weight excluding hydrogens is 410 g/mol. The van der Waals surface area contributed by atoms with Crippen LogP contribution >= 0.6 is 0 Å². The molecule has 1 saturated heterocycles. The number of hydrogen-bond acceptors (Lipinski definition) is 6. The van der Waals surface area contributed by atoms with E-state index in [2.05, 4.69) is 0 Å². The van der Waals surface area contributed by atoms with Crippen LogP contribution in [0.15, 0.2) is 64.8 Å². The van der Waals surface area contributed by atoms with Crippen LogP contribution in [0.2, 0.25) is 0 Å². The maximum atomic E-state index is 13.2. The predicted octanol–water partition coefficient (Wildman–Crippen LogP) is 4.29. The number of rotatable bonds is 3. The number of carbonyl (C=O) groups excluding carboxylic acids is 2. The van der Waals surface area contributed by atoms with Crippen molar-refractivity contribution < 1.29 is 28.6 Å². The van der Waals surface area contributed by atoms with Gasteiger partial charge in [-0.2, -0.15) is 0 Å². The minimum Gasteiger partial charge on any atom is -0.507 e. The number of hydrogen-bond donors (Lipinski definition) is 1. The Morgan fingerprint density at radius 1 is 1.00 bits per heavy atom. The number of furan rings is 1. The van der Waals surface area contributed by atoms with Crippen LogP contribution < -0.4 is 14.4 Å².